The lowest BCUT2D eigenvalue weighted by atomic mass is 9.94. The Bertz CT molecular complexity index is 2430. The van der Waals surface area contributed by atoms with Crippen molar-refractivity contribution in [2.45, 2.75) is 0 Å². The molecule has 0 saturated carbocycles. The predicted octanol–water partition coefficient (Wildman–Crippen LogP) is 10.9. The number of rotatable bonds is 2. The largest absolute Gasteiger partial charge is 0.226 e. The van der Waals surface area contributed by atoms with Crippen LogP contribution in [0, 0.1) is 0 Å². The highest BCUT2D eigenvalue weighted by Gasteiger charge is 2.19. The molecule has 0 bridgehead atoms. The van der Waals surface area contributed by atoms with Gasteiger partial charge < -0.3 is 0 Å². The molecule has 6 aromatic carbocycles. The zero-order valence-corrected chi connectivity index (χ0v) is 22.9. The van der Waals surface area contributed by atoms with Gasteiger partial charge in [-0.1, -0.05) is 97.1 Å². The summed E-state index contributed by atoms with van der Waals surface area (Å²) >= 11 is 3.63. The molecule has 0 unspecified atom stereocenters. The Labute approximate surface area is 237 Å². The lowest BCUT2D eigenvalue weighted by Gasteiger charge is -2.13. The van der Waals surface area contributed by atoms with Crippen LogP contribution in [0.5, 0.6) is 0 Å². The quantitative estimate of drug-likeness (QED) is 0.202. The molecule has 0 radical (unpaired) electrons. The minimum absolute atomic E-state index is 0.768. The van der Waals surface area contributed by atoms with Crippen molar-refractivity contribution in [3.8, 4) is 22.6 Å². The summed E-state index contributed by atoms with van der Waals surface area (Å²) < 4.78 is 4.98. The number of benzene rings is 6. The normalized spacial score (nSPS) is 12.0. The van der Waals surface area contributed by atoms with Gasteiger partial charge in [0.1, 0.15) is 0 Å². The monoisotopic (exact) mass is 544 g/mol. The first-order valence-electron chi connectivity index (χ1n) is 13.3. The Hall–Kier alpha value is -4.64. The van der Waals surface area contributed by atoms with E-state index in [1.54, 1.807) is 11.3 Å². The molecule has 4 heteroatoms. The molecule has 0 fully saturated rings. The third-order valence-corrected chi connectivity index (χ3v) is 10.2. The highest BCUT2D eigenvalue weighted by atomic mass is 32.1. The van der Waals surface area contributed by atoms with E-state index in [1.165, 1.54) is 51.8 Å². The van der Waals surface area contributed by atoms with E-state index in [9.17, 15) is 0 Å². The molecule has 0 atom stereocenters. The second kappa shape index (κ2) is 8.43. The number of aromatic nitrogens is 2. The molecule has 186 valence electrons. The van der Waals surface area contributed by atoms with E-state index in [0.717, 1.165) is 32.9 Å². The van der Waals surface area contributed by atoms with Gasteiger partial charge in [-0.15, -0.1) is 22.7 Å². The lowest BCUT2D eigenvalue weighted by molar-refractivity contribution is 1.25. The van der Waals surface area contributed by atoms with Crippen LogP contribution in [0.3, 0.4) is 0 Å². The van der Waals surface area contributed by atoms with Crippen LogP contribution in [0.4, 0.5) is 0 Å². The Balaban J connectivity index is 1.46. The molecule has 9 aromatic rings. The first-order valence-corrected chi connectivity index (χ1v) is 15.0. The summed E-state index contributed by atoms with van der Waals surface area (Å²) in [6.45, 7) is 0. The molecule has 0 saturated heterocycles. The first kappa shape index (κ1) is 22.2. The molecule has 2 nitrogen and oxygen atoms in total. The summed E-state index contributed by atoms with van der Waals surface area (Å²) in [5, 5.41) is 8.72. The van der Waals surface area contributed by atoms with Gasteiger partial charge in [-0.2, -0.15) is 0 Å². The van der Waals surface area contributed by atoms with Crippen molar-refractivity contribution >= 4 is 84.7 Å². The molecule has 0 aliphatic carbocycles. The number of nitrogens with zero attached hydrogens (tertiary/aromatic N) is 2. The molecule has 40 heavy (non-hydrogen) atoms. The Morgan fingerprint density at radius 2 is 1.10 bits per heavy atom. The minimum Gasteiger partial charge on any atom is -0.226 e. The minimum atomic E-state index is 0.768. The van der Waals surface area contributed by atoms with Crippen LogP contribution in [0.25, 0.3) is 84.7 Å². The Morgan fingerprint density at radius 1 is 0.450 bits per heavy atom. The van der Waals surface area contributed by atoms with E-state index in [-0.39, 0.29) is 0 Å². The molecular weight excluding hydrogens is 525 g/mol. The second-order valence-electron chi connectivity index (χ2n) is 10.1. The fourth-order valence-electron chi connectivity index (χ4n) is 6.09. The van der Waals surface area contributed by atoms with E-state index in [2.05, 4.69) is 121 Å². The number of hydrogen-bond donors (Lipinski definition) is 0. The molecular formula is C36H20N2S2. The fraction of sp³-hybridized carbons (Fsp3) is 0. The Kier molecular flexibility index (Phi) is 4.68. The molecule has 3 heterocycles. The summed E-state index contributed by atoms with van der Waals surface area (Å²) in [6, 6.07) is 43.4. The fourth-order valence-corrected chi connectivity index (χ4v) is 8.37. The molecule has 9 rings (SSSR count). The van der Waals surface area contributed by atoms with E-state index >= 15 is 0 Å². The summed E-state index contributed by atoms with van der Waals surface area (Å²) in [5.74, 6) is 0.768. The van der Waals surface area contributed by atoms with Gasteiger partial charge in [-0.25, -0.2) is 9.97 Å². The van der Waals surface area contributed by atoms with Crippen LogP contribution in [-0.2, 0) is 0 Å². The van der Waals surface area contributed by atoms with Crippen LogP contribution in [0.15, 0.2) is 121 Å². The van der Waals surface area contributed by atoms with Crippen molar-refractivity contribution in [1.82, 2.24) is 9.97 Å². The summed E-state index contributed by atoms with van der Waals surface area (Å²) in [7, 11) is 0. The van der Waals surface area contributed by atoms with E-state index in [1.807, 2.05) is 11.3 Å². The maximum absolute atomic E-state index is 5.33. The molecule has 0 N–H and O–H groups in total. The van der Waals surface area contributed by atoms with Crippen molar-refractivity contribution in [3.63, 3.8) is 0 Å². The third-order valence-electron chi connectivity index (χ3n) is 7.89. The zero-order valence-electron chi connectivity index (χ0n) is 21.3. The average molecular weight is 545 g/mol. The second-order valence-corrected chi connectivity index (χ2v) is 12.3. The topological polar surface area (TPSA) is 25.8 Å². The van der Waals surface area contributed by atoms with Crippen molar-refractivity contribution in [3.05, 3.63) is 121 Å². The van der Waals surface area contributed by atoms with Crippen LogP contribution in [0.2, 0.25) is 0 Å². The predicted molar refractivity (Wildman–Crippen MR) is 174 cm³/mol. The molecule has 0 aliphatic heterocycles. The van der Waals surface area contributed by atoms with Gasteiger partial charge in [0.25, 0.3) is 0 Å². The smallest absolute Gasteiger partial charge is 0.161 e. The number of thiophene rings is 2. The van der Waals surface area contributed by atoms with Crippen molar-refractivity contribution in [2.75, 3.05) is 0 Å². The van der Waals surface area contributed by atoms with Crippen LogP contribution in [0.1, 0.15) is 0 Å². The van der Waals surface area contributed by atoms with Gasteiger partial charge in [0, 0.05) is 41.4 Å². The SMILES string of the molecule is c1ccc(-c2nc(-c3cc4c(ccc5sc6ccccc6c54)c4ccccc34)nc3c2sc2ccccc23)cc1. The highest BCUT2D eigenvalue weighted by Crippen LogP contribution is 2.44. The van der Waals surface area contributed by atoms with Crippen molar-refractivity contribution < 1.29 is 0 Å². The summed E-state index contributed by atoms with van der Waals surface area (Å²) in [6.07, 6.45) is 0. The van der Waals surface area contributed by atoms with Gasteiger partial charge in [-0.05, 0) is 45.8 Å². The van der Waals surface area contributed by atoms with E-state index in [4.69, 9.17) is 9.97 Å². The summed E-state index contributed by atoms with van der Waals surface area (Å²) in [5.41, 5.74) is 4.19. The summed E-state index contributed by atoms with van der Waals surface area (Å²) in [4.78, 5) is 10.6. The van der Waals surface area contributed by atoms with E-state index < -0.39 is 0 Å². The molecule has 0 aliphatic rings. The first-order chi connectivity index (χ1) is 19.8. The van der Waals surface area contributed by atoms with Gasteiger partial charge >= 0.3 is 0 Å². The van der Waals surface area contributed by atoms with Crippen LogP contribution < -0.4 is 0 Å². The number of hydrogen-bond acceptors (Lipinski definition) is 4. The van der Waals surface area contributed by atoms with Gasteiger partial charge in [0.2, 0.25) is 0 Å². The van der Waals surface area contributed by atoms with Gasteiger partial charge in [0.15, 0.2) is 5.82 Å². The molecule has 0 spiro atoms. The third kappa shape index (κ3) is 3.15. The van der Waals surface area contributed by atoms with E-state index in [0.29, 0.717) is 0 Å². The highest BCUT2D eigenvalue weighted by molar-refractivity contribution is 7.26. The van der Waals surface area contributed by atoms with Crippen molar-refractivity contribution in [1.29, 1.82) is 0 Å². The van der Waals surface area contributed by atoms with Gasteiger partial charge in [0.05, 0.1) is 15.9 Å². The lowest BCUT2D eigenvalue weighted by Crippen LogP contribution is -1.95. The van der Waals surface area contributed by atoms with Gasteiger partial charge in [-0.3, -0.25) is 0 Å². The molecule has 0 amide bonds. The van der Waals surface area contributed by atoms with Crippen molar-refractivity contribution in [2.24, 2.45) is 0 Å². The standard InChI is InChI=1S/C36H20N2S2/c1-2-10-21(11-3-1)33-35-34(26-15-7-9-17-30(26)40-35)38-36(37-33)28-20-27-24(22-12-4-5-13-23(22)28)18-19-31-32(27)25-14-6-8-16-29(25)39-31/h1-20H. The van der Waals surface area contributed by atoms with Crippen LogP contribution >= 0.6 is 22.7 Å². The maximum Gasteiger partial charge on any atom is 0.161 e. The molecule has 3 aromatic heterocycles. The zero-order chi connectivity index (χ0) is 26.2. The Morgan fingerprint density at radius 3 is 1.93 bits per heavy atom. The maximum atomic E-state index is 5.33. The number of fused-ring (bicyclic) bond motifs is 10. The average Bonchev–Trinajstić information content (AvgIpc) is 3.59. The van der Waals surface area contributed by atoms with Crippen LogP contribution in [-0.4, -0.2) is 9.97 Å².